The lowest BCUT2D eigenvalue weighted by Crippen LogP contribution is -2.55. The zero-order valence-corrected chi connectivity index (χ0v) is 27.6. The third-order valence-corrected chi connectivity index (χ3v) is 9.78. The minimum Gasteiger partial charge on any atom is -0.507 e. The van der Waals surface area contributed by atoms with Crippen molar-refractivity contribution in [2.45, 2.75) is 107 Å². The average molecular weight is 694 g/mol. The van der Waals surface area contributed by atoms with Crippen LogP contribution < -0.4 is 10.5 Å². The van der Waals surface area contributed by atoms with Gasteiger partial charge in [-0.3, -0.25) is 14.4 Å². The van der Waals surface area contributed by atoms with E-state index in [1.54, 1.807) is 13.8 Å². The van der Waals surface area contributed by atoms with Crippen molar-refractivity contribution in [3.63, 3.8) is 0 Å². The van der Waals surface area contributed by atoms with E-state index >= 15 is 0 Å². The third-order valence-electron chi connectivity index (χ3n) is 9.78. The second-order valence-corrected chi connectivity index (χ2v) is 12.8. The molecule has 0 spiro atoms. The van der Waals surface area contributed by atoms with Crippen molar-refractivity contribution in [1.29, 1.82) is 0 Å². The number of benzene rings is 2. The predicted octanol–water partition coefficient (Wildman–Crippen LogP) is 1.33. The Bertz CT molecular complexity index is 1620. The fourth-order valence-electron chi connectivity index (χ4n) is 7.08. The van der Waals surface area contributed by atoms with Crippen molar-refractivity contribution >= 4 is 29.8 Å². The molecule has 0 radical (unpaired) electrons. The van der Waals surface area contributed by atoms with Crippen LogP contribution in [0.15, 0.2) is 18.2 Å². The van der Waals surface area contributed by atoms with Crippen molar-refractivity contribution in [3.05, 3.63) is 51.6 Å². The topological polar surface area (TPSA) is 225 Å². The van der Waals surface area contributed by atoms with E-state index in [0.29, 0.717) is 0 Å². The molecule has 2 aromatic rings. The summed E-state index contributed by atoms with van der Waals surface area (Å²) in [7, 11) is 1.33. The zero-order chi connectivity index (χ0) is 34.1. The lowest BCUT2D eigenvalue weighted by atomic mass is 9.72. The van der Waals surface area contributed by atoms with E-state index in [4.69, 9.17) is 29.4 Å². The molecule has 0 saturated carbocycles. The molecule has 0 bridgehead atoms. The normalized spacial score (nSPS) is 34.4. The molecular formula is C33H40ClNO13. The Labute approximate surface area is 282 Å². The van der Waals surface area contributed by atoms with E-state index in [1.165, 1.54) is 32.2 Å². The van der Waals surface area contributed by atoms with Crippen LogP contribution in [-0.2, 0) is 30.2 Å². The second kappa shape index (κ2) is 13.3. The molecule has 2 aliphatic carbocycles. The minimum atomic E-state index is -2.07. The standard InChI is InChI=1S/C33H39NO13.ClH/c1-12-27(36)17(34)8-21(44-12)46-19-9-22(45-13(2)28(19)37)47-20-11-33(42,14(3)35)10-16-24(20)32(41)26-25(30(16)39)29(38)15-6-5-7-18(43-4)23(15)31(26)40;/h5-7,12-13,17,19-22,27-28,36-37,39,41-42H,8-11,34H2,1-4H3;1H. The van der Waals surface area contributed by atoms with E-state index < -0.39 is 107 Å². The summed E-state index contributed by atoms with van der Waals surface area (Å²) in [6.45, 7) is 4.41. The van der Waals surface area contributed by atoms with Gasteiger partial charge in [-0.05, 0) is 26.8 Å². The number of nitrogens with two attached hydrogens (primary N) is 1. The van der Waals surface area contributed by atoms with Crippen molar-refractivity contribution in [2.75, 3.05) is 7.11 Å². The molecule has 262 valence electrons. The van der Waals surface area contributed by atoms with Gasteiger partial charge in [0.15, 0.2) is 24.1 Å². The first-order valence-electron chi connectivity index (χ1n) is 15.5. The Hall–Kier alpha value is -3.18. The van der Waals surface area contributed by atoms with Crippen molar-refractivity contribution in [3.8, 4) is 17.2 Å². The number of aliphatic hydroxyl groups is 3. The van der Waals surface area contributed by atoms with Gasteiger partial charge in [-0.2, -0.15) is 0 Å². The summed E-state index contributed by atoms with van der Waals surface area (Å²) in [6, 6.07) is 3.79. The van der Waals surface area contributed by atoms with Gasteiger partial charge in [0.1, 0.15) is 29.0 Å². The Kier molecular flexibility index (Phi) is 9.98. The Morgan fingerprint density at radius 2 is 1.56 bits per heavy atom. The monoisotopic (exact) mass is 693 g/mol. The molecule has 2 aromatic carbocycles. The molecule has 2 saturated heterocycles. The van der Waals surface area contributed by atoms with Gasteiger partial charge < -0.3 is 55.0 Å². The Morgan fingerprint density at radius 3 is 2.19 bits per heavy atom. The number of phenolic OH excluding ortho intramolecular Hbond substituents is 2. The molecule has 4 aliphatic rings. The highest BCUT2D eigenvalue weighted by Crippen LogP contribution is 2.52. The number of carbonyl (C=O) groups excluding carboxylic acids is 3. The number of methoxy groups -OCH3 is 1. The molecule has 10 unspecified atom stereocenters. The number of hydrogen-bond donors (Lipinski definition) is 6. The van der Waals surface area contributed by atoms with E-state index in [2.05, 4.69) is 0 Å². The van der Waals surface area contributed by atoms with Gasteiger partial charge in [-0.15, -0.1) is 12.4 Å². The summed E-state index contributed by atoms with van der Waals surface area (Å²) >= 11 is 0. The number of halogens is 1. The summed E-state index contributed by atoms with van der Waals surface area (Å²) in [5.41, 5.74) is 2.72. The molecule has 15 heteroatoms. The van der Waals surface area contributed by atoms with Gasteiger partial charge in [-0.25, -0.2) is 0 Å². The van der Waals surface area contributed by atoms with Crippen LogP contribution in [0.25, 0.3) is 0 Å². The molecule has 7 N–H and O–H groups in total. The Morgan fingerprint density at radius 1 is 0.938 bits per heavy atom. The molecule has 0 amide bonds. The summed E-state index contributed by atoms with van der Waals surface area (Å²) in [6.07, 6.45) is -8.41. The predicted molar refractivity (Wildman–Crippen MR) is 167 cm³/mol. The van der Waals surface area contributed by atoms with Gasteiger partial charge in [0.25, 0.3) is 0 Å². The van der Waals surface area contributed by atoms with Crippen LogP contribution in [0.1, 0.15) is 89.1 Å². The van der Waals surface area contributed by atoms with Crippen LogP contribution in [0.4, 0.5) is 0 Å². The zero-order valence-electron chi connectivity index (χ0n) is 26.7. The van der Waals surface area contributed by atoms with E-state index in [-0.39, 0.29) is 59.7 Å². The van der Waals surface area contributed by atoms with Crippen molar-refractivity contribution in [1.82, 2.24) is 0 Å². The number of phenols is 2. The fraction of sp³-hybridized carbons (Fsp3) is 0.545. The average Bonchev–Trinajstić information content (AvgIpc) is 3.02. The number of fused-ring (bicyclic) bond motifs is 3. The lowest BCUT2D eigenvalue weighted by molar-refractivity contribution is -0.306. The smallest absolute Gasteiger partial charge is 0.202 e. The highest BCUT2D eigenvalue weighted by molar-refractivity contribution is 6.31. The van der Waals surface area contributed by atoms with Crippen LogP contribution in [0.5, 0.6) is 17.2 Å². The Balaban J connectivity index is 0.00000451. The number of ether oxygens (including phenoxy) is 5. The SMILES string of the molecule is COc1cccc2c1C(=O)c1c(O)c3c(c(O)c1C2=O)CC(O)(C(C)=O)CC3OC1CC(OC2CC(N)C(O)C(C)O2)C(O)C(C)O1.Cl. The first kappa shape index (κ1) is 36.1. The minimum absolute atomic E-state index is 0. The molecule has 14 nitrogen and oxygen atoms in total. The summed E-state index contributed by atoms with van der Waals surface area (Å²) in [4.78, 5) is 40.3. The maximum atomic E-state index is 13.8. The van der Waals surface area contributed by atoms with Crippen LogP contribution in [0, 0.1) is 0 Å². The summed E-state index contributed by atoms with van der Waals surface area (Å²) in [5.74, 6) is -3.37. The van der Waals surface area contributed by atoms with Gasteiger partial charge in [-0.1, -0.05) is 12.1 Å². The maximum absolute atomic E-state index is 13.8. The van der Waals surface area contributed by atoms with Gasteiger partial charge in [0, 0.05) is 48.4 Å². The molecule has 2 fully saturated rings. The first-order valence-corrected chi connectivity index (χ1v) is 15.5. The van der Waals surface area contributed by atoms with E-state index in [1.807, 2.05) is 0 Å². The number of ketones is 3. The molecule has 0 aromatic heterocycles. The van der Waals surface area contributed by atoms with Gasteiger partial charge in [0.05, 0.1) is 54.3 Å². The molecular weight excluding hydrogens is 654 g/mol. The van der Waals surface area contributed by atoms with Crippen LogP contribution in [0.3, 0.4) is 0 Å². The van der Waals surface area contributed by atoms with Gasteiger partial charge >= 0.3 is 0 Å². The number of aromatic hydroxyl groups is 2. The fourth-order valence-corrected chi connectivity index (χ4v) is 7.08. The molecule has 6 rings (SSSR count). The summed E-state index contributed by atoms with van der Waals surface area (Å²) in [5, 5.41) is 55.7. The van der Waals surface area contributed by atoms with Crippen LogP contribution in [0.2, 0.25) is 0 Å². The number of Topliss-reactive ketones (excluding diaryl/α,β-unsaturated/α-hetero) is 1. The number of rotatable bonds is 6. The number of aliphatic hydroxyl groups excluding tert-OH is 2. The lowest BCUT2D eigenvalue weighted by Gasteiger charge is -2.44. The van der Waals surface area contributed by atoms with Crippen molar-refractivity contribution in [2.24, 2.45) is 5.73 Å². The molecule has 48 heavy (non-hydrogen) atoms. The van der Waals surface area contributed by atoms with Crippen molar-refractivity contribution < 1.29 is 63.6 Å². The highest BCUT2D eigenvalue weighted by Gasteiger charge is 2.50. The maximum Gasteiger partial charge on any atom is 0.202 e. The molecule has 10 atom stereocenters. The first-order chi connectivity index (χ1) is 22.2. The second-order valence-electron chi connectivity index (χ2n) is 12.8. The van der Waals surface area contributed by atoms with Gasteiger partial charge in [0.2, 0.25) is 5.78 Å². The summed E-state index contributed by atoms with van der Waals surface area (Å²) < 4.78 is 29.3. The van der Waals surface area contributed by atoms with Crippen LogP contribution >= 0.6 is 12.4 Å². The van der Waals surface area contributed by atoms with E-state index in [9.17, 15) is 39.9 Å². The van der Waals surface area contributed by atoms with E-state index in [0.717, 1.165) is 0 Å². The van der Waals surface area contributed by atoms with Crippen LogP contribution in [-0.4, -0.2) is 105 Å². The highest BCUT2D eigenvalue weighted by atomic mass is 35.5. The quantitative estimate of drug-likeness (QED) is 0.201. The molecule has 2 heterocycles. The number of hydrogen-bond acceptors (Lipinski definition) is 14. The molecule has 2 aliphatic heterocycles. The third kappa shape index (κ3) is 5.88. The number of carbonyl (C=O) groups is 3. The largest absolute Gasteiger partial charge is 0.507 e.